The summed E-state index contributed by atoms with van der Waals surface area (Å²) < 4.78 is 28.7. The first-order valence-electron chi connectivity index (χ1n) is 6.19. The van der Waals surface area contributed by atoms with Crippen molar-refractivity contribution in [2.75, 3.05) is 7.11 Å². The molecule has 5 heteroatoms. The average molecular weight is 302 g/mol. The van der Waals surface area contributed by atoms with E-state index in [1.165, 1.54) is 13.2 Å². The number of carbonyl (C=O) groups excluding carboxylic acids is 1. The van der Waals surface area contributed by atoms with Crippen molar-refractivity contribution in [2.45, 2.75) is 4.90 Å². The minimum absolute atomic E-state index is 0.243. The van der Waals surface area contributed by atoms with E-state index in [9.17, 15) is 13.2 Å². The van der Waals surface area contributed by atoms with Crippen LogP contribution >= 0.6 is 0 Å². The Morgan fingerprint density at radius 2 is 1.62 bits per heavy atom. The molecule has 4 nitrogen and oxygen atoms in total. The summed E-state index contributed by atoms with van der Waals surface area (Å²) in [6, 6.07) is 14.7. The second kappa shape index (κ2) is 6.37. The van der Waals surface area contributed by atoms with E-state index in [-0.39, 0.29) is 4.90 Å². The van der Waals surface area contributed by atoms with Gasteiger partial charge in [0.1, 0.15) is 0 Å². The lowest BCUT2D eigenvalue weighted by atomic mass is 10.1. The molecule has 0 aromatic heterocycles. The minimum Gasteiger partial charge on any atom is -0.465 e. The lowest BCUT2D eigenvalue weighted by molar-refractivity contribution is 0.0600. The Morgan fingerprint density at radius 1 is 1.00 bits per heavy atom. The van der Waals surface area contributed by atoms with Gasteiger partial charge in [-0.05, 0) is 35.9 Å². The smallest absolute Gasteiger partial charge is 0.337 e. The molecule has 0 aliphatic heterocycles. The average Bonchev–Trinajstić information content (AvgIpc) is 2.53. The Bertz CT molecular complexity index is 745. The van der Waals surface area contributed by atoms with Crippen LogP contribution in [0.1, 0.15) is 15.9 Å². The van der Waals surface area contributed by atoms with Gasteiger partial charge in [-0.25, -0.2) is 13.2 Å². The number of esters is 1. The maximum absolute atomic E-state index is 12.1. The van der Waals surface area contributed by atoms with Gasteiger partial charge in [-0.2, -0.15) is 0 Å². The molecule has 2 rings (SSSR count). The SMILES string of the molecule is COC(=O)c1ccc(/C=C/S(=O)(=O)c2ccccc2)cc1. The number of carbonyl (C=O) groups is 1. The molecule has 0 bridgehead atoms. The predicted molar refractivity (Wildman–Crippen MR) is 80.4 cm³/mol. The molecule has 0 saturated heterocycles. The maximum atomic E-state index is 12.1. The fourth-order valence-corrected chi connectivity index (χ4v) is 2.73. The largest absolute Gasteiger partial charge is 0.465 e. The Hall–Kier alpha value is -2.40. The number of hydrogen-bond acceptors (Lipinski definition) is 4. The van der Waals surface area contributed by atoms with Gasteiger partial charge in [0, 0.05) is 5.41 Å². The quantitative estimate of drug-likeness (QED) is 0.815. The van der Waals surface area contributed by atoms with Gasteiger partial charge < -0.3 is 4.74 Å². The molecule has 0 atom stereocenters. The van der Waals surface area contributed by atoms with E-state index >= 15 is 0 Å². The summed E-state index contributed by atoms with van der Waals surface area (Å²) in [6.07, 6.45) is 1.49. The molecule has 0 N–H and O–H groups in total. The van der Waals surface area contributed by atoms with Crippen LogP contribution in [0.2, 0.25) is 0 Å². The molecule has 0 saturated carbocycles. The molecule has 0 heterocycles. The van der Waals surface area contributed by atoms with Crippen molar-refractivity contribution in [1.82, 2.24) is 0 Å². The Kier molecular flexibility index (Phi) is 4.55. The minimum atomic E-state index is -3.46. The molecule has 0 unspecified atom stereocenters. The van der Waals surface area contributed by atoms with Crippen LogP contribution < -0.4 is 0 Å². The van der Waals surface area contributed by atoms with Crippen molar-refractivity contribution in [3.8, 4) is 0 Å². The summed E-state index contributed by atoms with van der Waals surface area (Å²) in [5.41, 5.74) is 1.10. The van der Waals surface area contributed by atoms with Crippen molar-refractivity contribution < 1.29 is 17.9 Å². The van der Waals surface area contributed by atoms with Crippen LogP contribution in [0.15, 0.2) is 64.9 Å². The van der Waals surface area contributed by atoms with Gasteiger partial charge in [0.2, 0.25) is 0 Å². The zero-order chi connectivity index (χ0) is 15.3. The van der Waals surface area contributed by atoms with Crippen LogP contribution in [0.25, 0.3) is 6.08 Å². The molecule has 0 aliphatic rings. The van der Waals surface area contributed by atoms with Gasteiger partial charge in [0.05, 0.1) is 17.6 Å². The highest BCUT2D eigenvalue weighted by atomic mass is 32.2. The van der Waals surface area contributed by atoms with E-state index in [4.69, 9.17) is 0 Å². The summed E-state index contributed by atoms with van der Waals surface area (Å²) in [4.78, 5) is 11.5. The van der Waals surface area contributed by atoms with Crippen molar-refractivity contribution in [2.24, 2.45) is 0 Å². The summed E-state index contributed by atoms with van der Waals surface area (Å²) in [5, 5.41) is 1.15. The number of methoxy groups -OCH3 is 1. The number of hydrogen-bond donors (Lipinski definition) is 0. The van der Waals surface area contributed by atoms with E-state index in [0.29, 0.717) is 11.1 Å². The lowest BCUT2D eigenvalue weighted by Crippen LogP contribution is -2.00. The third-order valence-electron chi connectivity index (χ3n) is 2.84. The van der Waals surface area contributed by atoms with Crippen molar-refractivity contribution in [1.29, 1.82) is 0 Å². The molecular weight excluding hydrogens is 288 g/mol. The summed E-state index contributed by atoms with van der Waals surface area (Å²) in [5.74, 6) is -0.428. The van der Waals surface area contributed by atoms with Crippen LogP contribution in [-0.2, 0) is 14.6 Å². The third-order valence-corrected chi connectivity index (χ3v) is 4.27. The number of ether oxygens (including phenoxy) is 1. The molecule has 0 spiro atoms. The number of rotatable bonds is 4. The van der Waals surface area contributed by atoms with Crippen LogP contribution in [0.3, 0.4) is 0 Å². The fourth-order valence-electron chi connectivity index (χ4n) is 1.71. The summed E-state index contributed by atoms with van der Waals surface area (Å²) in [7, 11) is -2.15. The number of benzene rings is 2. The van der Waals surface area contributed by atoms with Gasteiger partial charge in [-0.15, -0.1) is 0 Å². The van der Waals surface area contributed by atoms with E-state index in [1.807, 2.05) is 0 Å². The molecule has 0 aliphatic carbocycles. The Balaban J connectivity index is 2.20. The van der Waals surface area contributed by atoms with Crippen LogP contribution in [-0.4, -0.2) is 21.5 Å². The first-order chi connectivity index (χ1) is 10.0. The van der Waals surface area contributed by atoms with Gasteiger partial charge in [0.25, 0.3) is 0 Å². The molecular formula is C16H14O4S. The highest BCUT2D eigenvalue weighted by molar-refractivity contribution is 7.94. The van der Waals surface area contributed by atoms with E-state index < -0.39 is 15.8 Å². The lowest BCUT2D eigenvalue weighted by Gasteiger charge is -2.00. The molecule has 21 heavy (non-hydrogen) atoms. The van der Waals surface area contributed by atoms with Gasteiger partial charge >= 0.3 is 5.97 Å². The fraction of sp³-hybridized carbons (Fsp3) is 0.0625. The van der Waals surface area contributed by atoms with Crippen LogP contribution in [0.4, 0.5) is 0 Å². The van der Waals surface area contributed by atoms with Crippen LogP contribution in [0, 0.1) is 0 Å². The second-order valence-corrected chi connectivity index (χ2v) is 6.11. The highest BCUT2D eigenvalue weighted by Crippen LogP contribution is 2.14. The molecule has 2 aromatic rings. The molecule has 0 fully saturated rings. The maximum Gasteiger partial charge on any atom is 0.337 e. The van der Waals surface area contributed by atoms with E-state index in [2.05, 4.69) is 4.74 Å². The summed E-state index contributed by atoms with van der Waals surface area (Å²) in [6.45, 7) is 0. The van der Waals surface area contributed by atoms with Gasteiger partial charge in [0.15, 0.2) is 9.84 Å². The van der Waals surface area contributed by atoms with Crippen molar-refractivity contribution >= 4 is 21.9 Å². The molecule has 0 radical (unpaired) electrons. The predicted octanol–water partition coefficient (Wildman–Crippen LogP) is 2.92. The first kappa shape index (κ1) is 15.0. The topological polar surface area (TPSA) is 60.4 Å². The molecule has 108 valence electrons. The monoisotopic (exact) mass is 302 g/mol. The standard InChI is InChI=1S/C16H14O4S/c1-20-16(17)14-9-7-13(8-10-14)11-12-21(18,19)15-5-3-2-4-6-15/h2-12H,1H3/b12-11+. The second-order valence-electron chi connectivity index (χ2n) is 4.27. The number of sulfone groups is 1. The normalized spacial score (nSPS) is 11.5. The molecule has 0 amide bonds. The zero-order valence-electron chi connectivity index (χ0n) is 11.4. The zero-order valence-corrected chi connectivity index (χ0v) is 12.2. The van der Waals surface area contributed by atoms with Crippen molar-refractivity contribution in [3.63, 3.8) is 0 Å². The highest BCUT2D eigenvalue weighted by Gasteiger charge is 2.09. The van der Waals surface area contributed by atoms with Gasteiger partial charge in [-0.3, -0.25) is 0 Å². The Labute approximate surface area is 123 Å². The van der Waals surface area contributed by atoms with E-state index in [0.717, 1.165) is 5.41 Å². The van der Waals surface area contributed by atoms with Crippen molar-refractivity contribution in [3.05, 3.63) is 71.1 Å². The summed E-state index contributed by atoms with van der Waals surface area (Å²) >= 11 is 0. The van der Waals surface area contributed by atoms with E-state index in [1.54, 1.807) is 54.6 Å². The van der Waals surface area contributed by atoms with Gasteiger partial charge in [-0.1, -0.05) is 30.3 Å². The Morgan fingerprint density at radius 3 is 2.19 bits per heavy atom. The third kappa shape index (κ3) is 3.79. The molecule has 2 aromatic carbocycles. The van der Waals surface area contributed by atoms with Crippen LogP contribution in [0.5, 0.6) is 0 Å². The first-order valence-corrected chi connectivity index (χ1v) is 7.74.